The third-order valence-electron chi connectivity index (χ3n) is 1.44. The molecule has 1 aromatic heterocycles. The lowest BCUT2D eigenvalue weighted by Crippen LogP contribution is -2.12. The van der Waals surface area contributed by atoms with Crippen LogP contribution in [0, 0.1) is 6.92 Å². The number of alkyl halides is 1. The van der Waals surface area contributed by atoms with Crippen molar-refractivity contribution in [1.29, 1.82) is 0 Å². The van der Waals surface area contributed by atoms with Crippen LogP contribution in [0.2, 0.25) is 5.28 Å². The van der Waals surface area contributed by atoms with Crippen LogP contribution < -0.4 is 0 Å². The van der Waals surface area contributed by atoms with Crippen molar-refractivity contribution < 1.29 is 4.39 Å². The van der Waals surface area contributed by atoms with Gasteiger partial charge in [0.25, 0.3) is 0 Å². The fourth-order valence-electron chi connectivity index (χ4n) is 0.837. The number of aryl methyl sites for hydroxylation is 1. The van der Waals surface area contributed by atoms with Gasteiger partial charge in [0.05, 0.1) is 5.69 Å². The summed E-state index contributed by atoms with van der Waals surface area (Å²) in [4.78, 5) is 7.62. The summed E-state index contributed by atoms with van der Waals surface area (Å²) in [6.07, 6.45) is 0. The maximum absolute atomic E-state index is 13.3. The second kappa shape index (κ2) is 2.98. The Labute approximate surface area is 75.8 Å². The van der Waals surface area contributed by atoms with Crippen molar-refractivity contribution in [1.82, 2.24) is 9.97 Å². The van der Waals surface area contributed by atoms with E-state index in [-0.39, 0.29) is 5.28 Å². The maximum atomic E-state index is 13.3. The Balaban J connectivity index is 3.18. The molecule has 0 aliphatic carbocycles. The van der Waals surface area contributed by atoms with Crippen molar-refractivity contribution in [3.05, 3.63) is 22.7 Å². The van der Waals surface area contributed by atoms with E-state index in [0.29, 0.717) is 11.4 Å². The molecule has 0 saturated carbocycles. The molecule has 0 aliphatic rings. The summed E-state index contributed by atoms with van der Waals surface area (Å²) in [6, 6.07) is 1.59. The number of hydrogen-bond acceptors (Lipinski definition) is 2. The van der Waals surface area contributed by atoms with Gasteiger partial charge in [-0.25, -0.2) is 14.4 Å². The highest BCUT2D eigenvalue weighted by atomic mass is 35.5. The highest BCUT2D eigenvalue weighted by Gasteiger charge is 2.21. The lowest BCUT2D eigenvalue weighted by Gasteiger charge is -2.13. The van der Waals surface area contributed by atoms with Crippen molar-refractivity contribution in [3.8, 4) is 0 Å². The minimum absolute atomic E-state index is 0.0933. The number of aromatic nitrogens is 2. The molecule has 0 aromatic carbocycles. The molecule has 1 aromatic rings. The van der Waals surface area contributed by atoms with Crippen molar-refractivity contribution in [2.24, 2.45) is 0 Å². The highest BCUT2D eigenvalue weighted by molar-refractivity contribution is 6.28. The lowest BCUT2D eigenvalue weighted by atomic mass is 10.1. The monoisotopic (exact) mass is 188 g/mol. The van der Waals surface area contributed by atoms with Crippen LogP contribution in [0.25, 0.3) is 0 Å². The fraction of sp³-hybridized carbons (Fsp3) is 0.500. The molecular formula is C8H10ClFN2. The molecule has 0 fully saturated rings. The van der Waals surface area contributed by atoms with Crippen LogP contribution in [0.15, 0.2) is 6.07 Å². The van der Waals surface area contributed by atoms with Gasteiger partial charge in [-0.1, -0.05) is 0 Å². The fourth-order valence-corrected chi connectivity index (χ4v) is 1.06. The van der Waals surface area contributed by atoms with Gasteiger partial charge in [-0.15, -0.1) is 0 Å². The zero-order valence-corrected chi connectivity index (χ0v) is 7.98. The molecule has 12 heavy (non-hydrogen) atoms. The summed E-state index contributed by atoms with van der Waals surface area (Å²) >= 11 is 5.57. The summed E-state index contributed by atoms with van der Waals surface area (Å²) in [7, 11) is 0. The summed E-state index contributed by atoms with van der Waals surface area (Å²) in [5, 5.41) is 0.0933. The molecule has 0 atom stereocenters. The quantitative estimate of drug-likeness (QED) is 0.634. The van der Waals surface area contributed by atoms with Gasteiger partial charge in [-0.2, -0.15) is 0 Å². The van der Waals surface area contributed by atoms with Gasteiger partial charge in [-0.3, -0.25) is 0 Å². The number of hydrogen-bond donors (Lipinski definition) is 0. The second-order valence-corrected chi connectivity index (χ2v) is 3.47. The van der Waals surface area contributed by atoms with Crippen molar-refractivity contribution in [3.63, 3.8) is 0 Å². The molecule has 0 spiro atoms. The zero-order chi connectivity index (χ0) is 9.35. The Kier molecular flexibility index (Phi) is 2.33. The Hall–Kier alpha value is -0.700. The van der Waals surface area contributed by atoms with E-state index in [1.807, 2.05) is 0 Å². The van der Waals surface area contributed by atoms with E-state index in [0.717, 1.165) is 0 Å². The van der Waals surface area contributed by atoms with E-state index in [4.69, 9.17) is 11.6 Å². The second-order valence-electron chi connectivity index (χ2n) is 3.14. The molecule has 0 aliphatic heterocycles. The lowest BCUT2D eigenvalue weighted by molar-refractivity contribution is 0.214. The smallest absolute Gasteiger partial charge is 0.222 e. The number of rotatable bonds is 1. The van der Waals surface area contributed by atoms with Gasteiger partial charge < -0.3 is 0 Å². The van der Waals surface area contributed by atoms with Gasteiger partial charge in [0.2, 0.25) is 5.28 Å². The molecular weight excluding hydrogens is 179 g/mol. The maximum Gasteiger partial charge on any atom is 0.222 e. The summed E-state index contributed by atoms with van der Waals surface area (Å²) in [5.41, 5.74) is -0.465. The van der Waals surface area contributed by atoms with E-state index in [1.165, 1.54) is 13.8 Å². The Morgan fingerprint density at radius 3 is 2.42 bits per heavy atom. The Bertz CT molecular complexity index is 273. The standard InChI is InChI=1S/C8H10ClFN2/c1-5-4-6(8(2,3)10)12-7(9)11-5/h4H,1-3H3. The minimum atomic E-state index is -1.46. The minimum Gasteiger partial charge on any atom is -0.238 e. The Morgan fingerprint density at radius 2 is 2.00 bits per heavy atom. The van der Waals surface area contributed by atoms with Gasteiger partial charge in [-0.05, 0) is 38.4 Å². The topological polar surface area (TPSA) is 25.8 Å². The molecule has 0 bridgehead atoms. The molecule has 66 valence electrons. The molecule has 0 N–H and O–H groups in total. The van der Waals surface area contributed by atoms with E-state index in [9.17, 15) is 4.39 Å². The molecule has 0 radical (unpaired) electrons. The van der Waals surface area contributed by atoms with Crippen LogP contribution in [0.4, 0.5) is 4.39 Å². The van der Waals surface area contributed by atoms with Crippen molar-refractivity contribution in [2.45, 2.75) is 26.4 Å². The number of halogens is 2. The first-order valence-electron chi connectivity index (χ1n) is 3.60. The molecule has 1 rings (SSSR count). The van der Waals surface area contributed by atoms with Crippen LogP contribution in [-0.2, 0) is 5.67 Å². The van der Waals surface area contributed by atoms with Crippen LogP contribution in [-0.4, -0.2) is 9.97 Å². The van der Waals surface area contributed by atoms with Gasteiger partial charge in [0.1, 0.15) is 5.67 Å². The van der Waals surface area contributed by atoms with Crippen LogP contribution in [0.3, 0.4) is 0 Å². The van der Waals surface area contributed by atoms with Gasteiger partial charge in [0.15, 0.2) is 0 Å². The number of nitrogens with zero attached hydrogens (tertiary/aromatic N) is 2. The van der Waals surface area contributed by atoms with Gasteiger partial charge in [0, 0.05) is 5.69 Å². The summed E-state index contributed by atoms with van der Waals surface area (Å²) in [5.74, 6) is 0. The van der Waals surface area contributed by atoms with Crippen molar-refractivity contribution in [2.75, 3.05) is 0 Å². The first-order chi connectivity index (χ1) is 5.39. The first kappa shape index (κ1) is 9.39. The average Bonchev–Trinajstić information content (AvgIpc) is 1.82. The summed E-state index contributed by atoms with van der Waals surface area (Å²) in [6.45, 7) is 4.62. The van der Waals surface area contributed by atoms with E-state index in [1.54, 1.807) is 13.0 Å². The molecule has 2 nitrogen and oxygen atoms in total. The predicted molar refractivity (Wildman–Crippen MR) is 45.9 cm³/mol. The van der Waals surface area contributed by atoms with Crippen molar-refractivity contribution >= 4 is 11.6 Å². The third-order valence-corrected chi connectivity index (χ3v) is 1.61. The molecule has 0 saturated heterocycles. The molecule has 4 heteroatoms. The van der Waals surface area contributed by atoms with E-state index >= 15 is 0 Å². The average molecular weight is 189 g/mol. The molecule has 0 amide bonds. The van der Waals surface area contributed by atoms with E-state index in [2.05, 4.69) is 9.97 Å². The zero-order valence-electron chi connectivity index (χ0n) is 7.23. The van der Waals surface area contributed by atoms with Crippen LogP contribution in [0.5, 0.6) is 0 Å². The van der Waals surface area contributed by atoms with E-state index < -0.39 is 5.67 Å². The van der Waals surface area contributed by atoms with Crippen LogP contribution >= 0.6 is 11.6 Å². The normalized spacial score (nSPS) is 11.8. The highest BCUT2D eigenvalue weighted by Crippen LogP contribution is 2.23. The molecule has 1 heterocycles. The molecule has 0 unspecified atom stereocenters. The van der Waals surface area contributed by atoms with Crippen LogP contribution in [0.1, 0.15) is 25.2 Å². The largest absolute Gasteiger partial charge is 0.238 e. The third kappa shape index (κ3) is 2.14. The summed E-state index contributed by atoms with van der Waals surface area (Å²) < 4.78 is 13.3. The SMILES string of the molecule is Cc1cc(C(C)(C)F)nc(Cl)n1. The van der Waals surface area contributed by atoms with Gasteiger partial charge >= 0.3 is 0 Å². The first-order valence-corrected chi connectivity index (χ1v) is 3.98. The predicted octanol–water partition coefficient (Wildman–Crippen LogP) is 2.64. The Morgan fingerprint density at radius 1 is 1.42 bits per heavy atom.